The normalized spacial score (nSPS) is 22.9. The summed E-state index contributed by atoms with van der Waals surface area (Å²) in [6, 6.07) is 4.07. The molecular weight excluding hydrogens is 314 g/mol. The number of carbonyl (C=O) groups is 1. The van der Waals surface area contributed by atoms with Gasteiger partial charge in [0, 0.05) is 17.6 Å². The molecule has 5 N–H and O–H groups in total. The smallest absolute Gasteiger partial charge is 0.242 e. The first kappa shape index (κ1) is 16.1. The molecule has 0 unspecified atom stereocenters. The minimum absolute atomic E-state index is 0.00962. The van der Waals surface area contributed by atoms with Crippen LogP contribution < -0.4 is 16.2 Å². The summed E-state index contributed by atoms with van der Waals surface area (Å²) in [4.78, 5) is 11.1. The molecule has 1 aliphatic rings. The zero-order valence-corrected chi connectivity index (χ0v) is 13.0. The minimum atomic E-state index is -3.70. The molecular formula is C13H18ClN3O3S. The Morgan fingerprint density at radius 3 is 2.38 bits per heavy atom. The van der Waals surface area contributed by atoms with Crippen LogP contribution in [0, 0.1) is 5.92 Å². The molecule has 1 aliphatic carbocycles. The Bertz CT molecular complexity index is 640. The van der Waals surface area contributed by atoms with Crippen molar-refractivity contribution in [2.75, 3.05) is 5.73 Å². The van der Waals surface area contributed by atoms with Gasteiger partial charge in [-0.05, 0) is 43.9 Å². The molecule has 0 bridgehead atoms. The lowest BCUT2D eigenvalue weighted by molar-refractivity contribution is -0.122. The Morgan fingerprint density at radius 2 is 1.86 bits per heavy atom. The second-order valence-corrected chi connectivity index (χ2v) is 7.35. The van der Waals surface area contributed by atoms with E-state index in [1.807, 2.05) is 0 Å². The molecule has 116 valence electrons. The molecule has 0 radical (unpaired) electrons. The molecule has 0 aromatic heterocycles. The lowest BCUT2D eigenvalue weighted by atomic mass is 9.86. The van der Waals surface area contributed by atoms with Gasteiger partial charge >= 0.3 is 0 Å². The molecule has 1 aromatic carbocycles. The number of amides is 1. The van der Waals surface area contributed by atoms with Gasteiger partial charge in [-0.3, -0.25) is 4.79 Å². The van der Waals surface area contributed by atoms with E-state index in [0.29, 0.717) is 31.4 Å². The van der Waals surface area contributed by atoms with Crippen molar-refractivity contribution in [2.45, 2.75) is 36.6 Å². The molecule has 8 heteroatoms. The number of primary amides is 1. The van der Waals surface area contributed by atoms with E-state index < -0.39 is 10.0 Å². The van der Waals surface area contributed by atoms with Crippen molar-refractivity contribution in [1.29, 1.82) is 0 Å². The summed E-state index contributed by atoms with van der Waals surface area (Å²) in [5, 5.41) is 0.0910. The molecule has 1 amide bonds. The third-order valence-corrected chi connectivity index (χ3v) is 5.70. The Balaban J connectivity index is 2.07. The van der Waals surface area contributed by atoms with Crippen molar-refractivity contribution in [1.82, 2.24) is 4.72 Å². The van der Waals surface area contributed by atoms with Gasteiger partial charge in [0.2, 0.25) is 15.9 Å². The van der Waals surface area contributed by atoms with E-state index >= 15 is 0 Å². The Morgan fingerprint density at radius 1 is 1.24 bits per heavy atom. The fraction of sp³-hybridized carbons (Fsp3) is 0.462. The van der Waals surface area contributed by atoms with Crippen LogP contribution in [0.5, 0.6) is 0 Å². The van der Waals surface area contributed by atoms with Crippen molar-refractivity contribution in [2.24, 2.45) is 11.7 Å². The highest BCUT2D eigenvalue weighted by Crippen LogP contribution is 2.27. The van der Waals surface area contributed by atoms with Gasteiger partial charge in [0.25, 0.3) is 0 Å². The number of carbonyl (C=O) groups excluding carboxylic acids is 1. The lowest BCUT2D eigenvalue weighted by Gasteiger charge is -2.27. The predicted molar refractivity (Wildman–Crippen MR) is 81.1 cm³/mol. The third kappa shape index (κ3) is 3.87. The van der Waals surface area contributed by atoms with Crippen LogP contribution >= 0.6 is 11.6 Å². The van der Waals surface area contributed by atoms with Gasteiger partial charge in [-0.15, -0.1) is 0 Å². The molecule has 0 spiro atoms. The maximum atomic E-state index is 12.3. The molecule has 6 nitrogen and oxygen atoms in total. The second-order valence-electron chi connectivity index (χ2n) is 5.26. The quantitative estimate of drug-likeness (QED) is 0.720. The van der Waals surface area contributed by atoms with Crippen molar-refractivity contribution >= 4 is 33.2 Å². The number of nitrogens with two attached hydrogens (primary N) is 2. The molecule has 0 heterocycles. The number of nitrogens with one attached hydrogen (secondary N) is 1. The van der Waals surface area contributed by atoms with Crippen LogP contribution in [0.2, 0.25) is 5.02 Å². The average molecular weight is 332 g/mol. The minimum Gasteiger partial charge on any atom is -0.399 e. The number of anilines is 1. The molecule has 1 saturated carbocycles. The third-order valence-electron chi connectivity index (χ3n) is 3.70. The highest BCUT2D eigenvalue weighted by atomic mass is 35.5. The van der Waals surface area contributed by atoms with Crippen LogP contribution in [-0.4, -0.2) is 20.4 Å². The molecule has 21 heavy (non-hydrogen) atoms. The Hall–Kier alpha value is -1.31. The van der Waals surface area contributed by atoms with Crippen LogP contribution in [-0.2, 0) is 14.8 Å². The van der Waals surface area contributed by atoms with Crippen LogP contribution in [0.25, 0.3) is 0 Å². The van der Waals surface area contributed by atoms with Gasteiger partial charge in [0.1, 0.15) is 4.90 Å². The largest absolute Gasteiger partial charge is 0.399 e. The maximum Gasteiger partial charge on any atom is 0.242 e. The fourth-order valence-corrected chi connectivity index (χ4v) is 4.37. The van der Waals surface area contributed by atoms with Crippen LogP contribution in [0.4, 0.5) is 5.69 Å². The van der Waals surface area contributed by atoms with Gasteiger partial charge in [-0.2, -0.15) is 0 Å². The summed E-state index contributed by atoms with van der Waals surface area (Å²) in [5.41, 5.74) is 11.2. The molecule has 2 rings (SSSR count). The molecule has 1 fully saturated rings. The van der Waals surface area contributed by atoms with E-state index in [0.717, 1.165) is 0 Å². The summed E-state index contributed by atoms with van der Waals surface area (Å²) < 4.78 is 27.3. The van der Waals surface area contributed by atoms with Gasteiger partial charge in [0.15, 0.2) is 0 Å². The fourth-order valence-electron chi connectivity index (χ4n) is 2.51. The number of hydrogen-bond acceptors (Lipinski definition) is 4. The molecule has 0 saturated heterocycles. The van der Waals surface area contributed by atoms with E-state index in [9.17, 15) is 13.2 Å². The molecule has 0 aliphatic heterocycles. The standard InChI is InChI=1S/C13H18ClN3O3S/c14-11-7-9(15)3-6-12(11)21(19,20)17-10-4-1-8(2-5-10)13(16)18/h3,6-8,10,17H,1-2,4-5,15H2,(H2,16,18). The monoisotopic (exact) mass is 331 g/mol. The number of benzene rings is 1. The summed E-state index contributed by atoms with van der Waals surface area (Å²) in [5.74, 6) is -0.483. The number of nitrogen functional groups attached to an aromatic ring is 1. The van der Waals surface area contributed by atoms with E-state index in [-0.39, 0.29) is 27.8 Å². The van der Waals surface area contributed by atoms with Crippen LogP contribution in [0.1, 0.15) is 25.7 Å². The van der Waals surface area contributed by atoms with Crippen molar-refractivity contribution in [3.8, 4) is 0 Å². The Labute approximate surface area is 128 Å². The molecule has 0 atom stereocenters. The topological polar surface area (TPSA) is 115 Å². The second kappa shape index (κ2) is 6.21. The average Bonchev–Trinajstić information content (AvgIpc) is 2.38. The van der Waals surface area contributed by atoms with E-state index in [1.54, 1.807) is 0 Å². The highest BCUT2D eigenvalue weighted by Gasteiger charge is 2.28. The SMILES string of the molecule is NC(=O)C1CCC(NS(=O)(=O)c2ccc(N)cc2Cl)CC1. The summed E-state index contributed by atoms with van der Waals surface area (Å²) in [6.07, 6.45) is 2.36. The van der Waals surface area contributed by atoms with Crippen molar-refractivity contribution < 1.29 is 13.2 Å². The summed E-state index contributed by atoms with van der Waals surface area (Å²) >= 11 is 5.94. The van der Waals surface area contributed by atoms with Crippen LogP contribution in [0.3, 0.4) is 0 Å². The molecule has 1 aromatic rings. The van der Waals surface area contributed by atoms with E-state index in [1.165, 1.54) is 18.2 Å². The van der Waals surface area contributed by atoms with E-state index in [4.69, 9.17) is 23.1 Å². The van der Waals surface area contributed by atoms with Crippen LogP contribution in [0.15, 0.2) is 23.1 Å². The number of rotatable bonds is 4. The van der Waals surface area contributed by atoms with Gasteiger partial charge < -0.3 is 11.5 Å². The summed E-state index contributed by atoms with van der Waals surface area (Å²) in [7, 11) is -3.70. The van der Waals surface area contributed by atoms with Crippen molar-refractivity contribution in [3.05, 3.63) is 23.2 Å². The summed E-state index contributed by atoms with van der Waals surface area (Å²) in [6.45, 7) is 0. The number of sulfonamides is 1. The number of halogens is 1. The lowest BCUT2D eigenvalue weighted by Crippen LogP contribution is -2.39. The van der Waals surface area contributed by atoms with Crippen molar-refractivity contribution in [3.63, 3.8) is 0 Å². The first-order valence-corrected chi connectivity index (χ1v) is 8.52. The maximum absolute atomic E-state index is 12.3. The number of hydrogen-bond donors (Lipinski definition) is 3. The zero-order valence-electron chi connectivity index (χ0n) is 11.4. The van der Waals surface area contributed by atoms with E-state index in [2.05, 4.69) is 4.72 Å². The van der Waals surface area contributed by atoms with Gasteiger partial charge in [0.05, 0.1) is 5.02 Å². The zero-order chi connectivity index (χ0) is 15.6. The Kier molecular flexibility index (Phi) is 4.75. The first-order valence-electron chi connectivity index (χ1n) is 6.66. The first-order chi connectivity index (χ1) is 9.79. The highest BCUT2D eigenvalue weighted by molar-refractivity contribution is 7.89. The van der Waals surface area contributed by atoms with Gasteiger partial charge in [-0.1, -0.05) is 11.6 Å². The van der Waals surface area contributed by atoms with Gasteiger partial charge in [-0.25, -0.2) is 13.1 Å². The predicted octanol–water partition coefficient (Wildman–Crippen LogP) is 1.24.